The largest absolute Gasteiger partial charge is 0.505 e. The minimum absolute atomic E-state index is 0.0510. The number of aliphatic hydroxyl groups excluding tert-OH is 1. The molecule has 0 unspecified atom stereocenters. The minimum Gasteiger partial charge on any atom is -0.505 e. The second kappa shape index (κ2) is 6.15. The van der Waals surface area contributed by atoms with E-state index in [0.29, 0.717) is 16.8 Å². The fourth-order valence-electron chi connectivity index (χ4n) is 1.82. The second-order valence-electron chi connectivity index (χ2n) is 4.48. The van der Waals surface area contributed by atoms with Crippen LogP contribution in [0, 0.1) is 13.8 Å². The topological polar surface area (TPSA) is 65.7 Å². The van der Waals surface area contributed by atoms with Crippen LogP contribution >= 0.6 is 15.9 Å². The van der Waals surface area contributed by atoms with Crippen LogP contribution in [-0.4, -0.2) is 21.4 Å². The fourth-order valence-corrected chi connectivity index (χ4v) is 2.30. The van der Waals surface area contributed by atoms with E-state index in [1.165, 1.54) is 0 Å². The number of aromatic hydroxyl groups is 1. The lowest BCUT2D eigenvalue weighted by Gasteiger charge is -2.07. The molecule has 0 aliphatic rings. The van der Waals surface area contributed by atoms with Crippen molar-refractivity contribution in [1.29, 1.82) is 0 Å². The number of aromatic nitrogens is 1. The Hall–Kier alpha value is -1.72. The SMILES string of the molecule is Cc1cc(Br)ccc1N=Cc1c(CO)cnc(C)c1O. The molecule has 0 saturated carbocycles. The molecule has 20 heavy (non-hydrogen) atoms. The molecule has 1 aromatic heterocycles. The van der Waals surface area contributed by atoms with Crippen LogP contribution in [-0.2, 0) is 6.61 Å². The number of nitrogens with zero attached hydrogens (tertiary/aromatic N) is 2. The number of rotatable bonds is 3. The highest BCUT2D eigenvalue weighted by atomic mass is 79.9. The monoisotopic (exact) mass is 334 g/mol. The van der Waals surface area contributed by atoms with Gasteiger partial charge in [0.15, 0.2) is 0 Å². The van der Waals surface area contributed by atoms with Crippen LogP contribution in [0.4, 0.5) is 5.69 Å². The van der Waals surface area contributed by atoms with Crippen molar-refractivity contribution >= 4 is 27.8 Å². The predicted octanol–water partition coefficient (Wildman–Crippen LogP) is 3.41. The van der Waals surface area contributed by atoms with Crippen molar-refractivity contribution < 1.29 is 10.2 Å². The summed E-state index contributed by atoms with van der Waals surface area (Å²) in [6, 6.07) is 5.77. The molecule has 0 radical (unpaired) electrons. The van der Waals surface area contributed by atoms with Crippen molar-refractivity contribution in [2.24, 2.45) is 4.99 Å². The van der Waals surface area contributed by atoms with Crippen molar-refractivity contribution in [3.63, 3.8) is 0 Å². The van der Waals surface area contributed by atoms with Crippen molar-refractivity contribution in [3.8, 4) is 5.75 Å². The Labute approximate surface area is 126 Å². The molecule has 2 aromatic rings. The Morgan fingerprint density at radius 1 is 1.35 bits per heavy atom. The van der Waals surface area contributed by atoms with Gasteiger partial charge in [0.05, 0.1) is 18.0 Å². The maximum Gasteiger partial charge on any atom is 0.145 e. The average molecular weight is 335 g/mol. The number of hydrogen-bond donors (Lipinski definition) is 2. The first-order chi connectivity index (χ1) is 9.52. The van der Waals surface area contributed by atoms with Gasteiger partial charge in [0, 0.05) is 28.0 Å². The van der Waals surface area contributed by atoms with Crippen LogP contribution in [0.15, 0.2) is 33.9 Å². The first kappa shape index (κ1) is 14.7. The van der Waals surface area contributed by atoms with Gasteiger partial charge in [-0.2, -0.15) is 0 Å². The molecule has 0 aliphatic carbocycles. The number of pyridine rings is 1. The lowest BCUT2D eigenvalue weighted by molar-refractivity contribution is 0.280. The zero-order valence-corrected chi connectivity index (χ0v) is 12.8. The normalized spacial score (nSPS) is 11.2. The number of benzene rings is 1. The molecular formula is C15H15BrN2O2. The average Bonchev–Trinajstić information content (AvgIpc) is 2.42. The maximum absolute atomic E-state index is 10.0. The van der Waals surface area contributed by atoms with Crippen LogP contribution in [0.5, 0.6) is 5.75 Å². The molecule has 104 valence electrons. The van der Waals surface area contributed by atoms with Gasteiger partial charge in [-0.05, 0) is 37.6 Å². The molecule has 0 spiro atoms. The van der Waals surface area contributed by atoms with Gasteiger partial charge in [0.1, 0.15) is 5.75 Å². The predicted molar refractivity (Wildman–Crippen MR) is 82.7 cm³/mol. The number of aliphatic imine (C=N–C) groups is 1. The summed E-state index contributed by atoms with van der Waals surface area (Å²) < 4.78 is 0.993. The van der Waals surface area contributed by atoms with E-state index in [0.717, 1.165) is 15.7 Å². The van der Waals surface area contributed by atoms with Crippen molar-refractivity contribution in [2.45, 2.75) is 20.5 Å². The summed E-state index contributed by atoms with van der Waals surface area (Å²) in [4.78, 5) is 8.40. The maximum atomic E-state index is 10.0. The van der Waals surface area contributed by atoms with E-state index in [-0.39, 0.29) is 12.4 Å². The van der Waals surface area contributed by atoms with E-state index in [1.807, 2.05) is 25.1 Å². The second-order valence-corrected chi connectivity index (χ2v) is 5.39. The summed E-state index contributed by atoms with van der Waals surface area (Å²) >= 11 is 3.40. The van der Waals surface area contributed by atoms with E-state index in [2.05, 4.69) is 25.9 Å². The minimum atomic E-state index is -0.193. The standard InChI is InChI=1S/C15H15BrN2O2/c1-9-5-12(16)3-4-14(9)18-7-13-11(8-19)6-17-10(2)15(13)20/h3-7,19-20H,8H2,1-2H3. The first-order valence-electron chi connectivity index (χ1n) is 6.11. The third kappa shape index (κ3) is 3.05. The molecule has 2 N–H and O–H groups in total. The van der Waals surface area contributed by atoms with E-state index in [1.54, 1.807) is 19.3 Å². The van der Waals surface area contributed by atoms with Crippen molar-refractivity contribution in [3.05, 3.63) is 51.3 Å². The molecule has 0 fully saturated rings. The molecule has 0 amide bonds. The first-order valence-corrected chi connectivity index (χ1v) is 6.90. The van der Waals surface area contributed by atoms with Crippen LogP contribution in [0.1, 0.15) is 22.4 Å². The van der Waals surface area contributed by atoms with Gasteiger partial charge < -0.3 is 10.2 Å². The molecule has 1 heterocycles. The molecule has 0 bridgehead atoms. The Morgan fingerprint density at radius 3 is 2.75 bits per heavy atom. The highest BCUT2D eigenvalue weighted by Crippen LogP contribution is 2.25. The summed E-state index contributed by atoms with van der Waals surface area (Å²) in [5.74, 6) is 0.0510. The summed E-state index contributed by atoms with van der Waals surface area (Å²) in [6.07, 6.45) is 3.11. The number of aliphatic hydroxyl groups is 1. The number of aryl methyl sites for hydroxylation is 2. The van der Waals surface area contributed by atoms with Gasteiger partial charge in [-0.3, -0.25) is 9.98 Å². The van der Waals surface area contributed by atoms with E-state index in [4.69, 9.17) is 0 Å². The van der Waals surface area contributed by atoms with Crippen LogP contribution in [0.25, 0.3) is 0 Å². The zero-order chi connectivity index (χ0) is 14.7. The van der Waals surface area contributed by atoms with Gasteiger partial charge in [-0.15, -0.1) is 0 Å². The van der Waals surface area contributed by atoms with Gasteiger partial charge in [-0.1, -0.05) is 15.9 Å². The van der Waals surface area contributed by atoms with Crippen molar-refractivity contribution in [1.82, 2.24) is 4.98 Å². The van der Waals surface area contributed by atoms with Crippen molar-refractivity contribution in [2.75, 3.05) is 0 Å². The summed E-state index contributed by atoms with van der Waals surface area (Å²) in [7, 11) is 0. The smallest absolute Gasteiger partial charge is 0.145 e. The number of hydrogen-bond acceptors (Lipinski definition) is 4. The molecule has 0 aliphatic heterocycles. The number of halogens is 1. The third-order valence-corrected chi connectivity index (χ3v) is 3.51. The molecule has 2 rings (SSSR count). The van der Waals surface area contributed by atoms with E-state index < -0.39 is 0 Å². The molecule has 1 aromatic carbocycles. The highest BCUT2D eigenvalue weighted by Gasteiger charge is 2.09. The van der Waals surface area contributed by atoms with E-state index >= 15 is 0 Å². The Morgan fingerprint density at radius 2 is 2.10 bits per heavy atom. The summed E-state index contributed by atoms with van der Waals surface area (Å²) in [5.41, 5.74) is 3.39. The lowest BCUT2D eigenvalue weighted by Crippen LogP contribution is -1.97. The van der Waals surface area contributed by atoms with Crippen LogP contribution < -0.4 is 0 Å². The molecule has 5 heteroatoms. The third-order valence-electron chi connectivity index (χ3n) is 3.02. The van der Waals surface area contributed by atoms with E-state index in [9.17, 15) is 10.2 Å². The lowest BCUT2D eigenvalue weighted by atomic mass is 10.1. The molecule has 4 nitrogen and oxygen atoms in total. The molecule has 0 atom stereocenters. The van der Waals surface area contributed by atoms with Crippen LogP contribution in [0.2, 0.25) is 0 Å². The Kier molecular flexibility index (Phi) is 4.52. The Balaban J connectivity index is 2.43. The molecular weight excluding hydrogens is 320 g/mol. The van der Waals surface area contributed by atoms with Gasteiger partial charge in [0.25, 0.3) is 0 Å². The zero-order valence-electron chi connectivity index (χ0n) is 11.3. The quantitative estimate of drug-likeness (QED) is 0.845. The van der Waals surface area contributed by atoms with Crippen LogP contribution in [0.3, 0.4) is 0 Å². The molecule has 0 saturated heterocycles. The highest BCUT2D eigenvalue weighted by molar-refractivity contribution is 9.10. The Bertz CT molecular complexity index is 669. The summed E-state index contributed by atoms with van der Waals surface area (Å²) in [6.45, 7) is 3.47. The fraction of sp³-hybridized carbons (Fsp3) is 0.200. The van der Waals surface area contributed by atoms with Gasteiger partial charge in [0.2, 0.25) is 0 Å². The van der Waals surface area contributed by atoms with Gasteiger partial charge in [-0.25, -0.2) is 0 Å². The summed E-state index contributed by atoms with van der Waals surface area (Å²) in [5, 5.41) is 19.3. The van der Waals surface area contributed by atoms with Gasteiger partial charge >= 0.3 is 0 Å².